The summed E-state index contributed by atoms with van der Waals surface area (Å²) in [5.74, 6) is -0.0469. The normalized spacial score (nSPS) is 12.7. The zero-order valence-electron chi connectivity index (χ0n) is 12.3. The molecule has 0 aliphatic heterocycles. The summed E-state index contributed by atoms with van der Waals surface area (Å²) in [5, 5.41) is 0. The number of rotatable bonds is 10. The summed E-state index contributed by atoms with van der Waals surface area (Å²) in [4.78, 5) is 11.7. The molecule has 0 aromatic heterocycles. The second kappa shape index (κ2) is 8.08. The highest BCUT2D eigenvalue weighted by Gasteiger charge is 2.25. The Morgan fingerprint density at radius 1 is 1.17 bits per heavy atom. The van der Waals surface area contributed by atoms with Crippen molar-refractivity contribution in [3.63, 3.8) is 0 Å². The van der Waals surface area contributed by atoms with Crippen molar-refractivity contribution in [3.05, 3.63) is 0 Å². The fourth-order valence-electron chi connectivity index (χ4n) is 2.06. The zero-order valence-corrected chi connectivity index (χ0v) is 13.2. The van der Waals surface area contributed by atoms with Crippen LogP contribution in [0.2, 0.25) is 0 Å². The smallest absolute Gasteiger partial charge is 0.312 e. The van der Waals surface area contributed by atoms with E-state index in [0.717, 1.165) is 25.7 Å². The van der Waals surface area contributed by atoms with Gasteiger partial charge in [0.15, 0.2) is 0 Å². The van der Waals surface area contributed by atoms with Crippen molar-refractivity contribution < 1.29 is 18.4 Å². The highest BCUT2D eigenvalue weighted by Crippen LogP contribution is 2.46. The number of Topliss-reactive ketones (excluding diaryl/α,β-unsaturated/α-hetero) is 1. The number of ketones is 1. The van der Waals surface area contributed by atoms with Crippen LogP contribution in [-0.4, -0.2) is 26.2 Å². The van der Waals surface area contributed by atoms with Crippen LogP contribution in [0.1, 0.15) is 52.9 Å². The molecule has 0 heterocycles. The van der Waals surface area contributed by atoms with Gasteiger partial charge in [0.2, 0.25) is 0 Å². The minimum atomic E-state index is -3.18. The maximum absolute atomic E-state index is 11.8. The highest BCUT2D eigenvalue weighted by molar-refractivity contribution is 7.54. The van der Waals surface area contributed by atoms with Crippen LogP contribution in [0.3, 0.4) is 0 Å². The minimum Gasteiger partial charge on any atom is -0.312 e. The van der Waals surface area contributed by atoms with E-state index in [1.165, 1.54) is 14.2 Å². The highest BCUT2D eigenvalue weighted by atomic mass is 31.2. The van der Waals surface area contributed by atoms with E-state index in [-0.39, 0.29) is 17.4 Å². The van der Waals surface area contributed by atoms with Gasteiger partial charge in [-0.15, -0.1) is 0 Å². The number of hydrogen-bond donors (Lipinski definition) is 0. The van der Waals surface area contributed by atoms with E-state index in [1.807, 2.05) is 0 Å². The molecule has 0 atom stereocenters. The Hall–Kier alpha value is -0.180. The van der Waals surface area contributed by atoms with Gasteiger partial charge in [0, 0.05) is 20.6 Å². The molecule has 0 spiro atoms. The third-order valence-corrected chi connectivity index (χ3v) is 5.01. The summed E-state index contributed by atoms with van der Waals surface area (Å²) >= 11 is 0. The Kier molecular flexibility index (Phi) is 8.00. The van der Waals surface area contributed by atoms with Crippen LogP contribution in [0.5, 0.6) is 0 Å². The fraction of sp³-hybridized carbons (Fsp3) is 0.923. The molecule has 18 heavy (non-hydrogen) atoms. The second-order valence-electron chi connectivity index (χ2n) is 5.44. The first-order valence-electron chi connectivity index (χ1n) is 6.51. The standard InChI is InChI=1S/C13H27O4P/c1-6-9-13(2,3)10-7-8-12(14)11-18(15,16-4)17-5/h6-11H2,1-5H3. The van der Waals surface area contributed by atoms with Crippen LogP contribution in [-0.2, 0) is 18.4 Å². The summed E-state index contributed by atoms with van der Waals surface area (Å²) in [6.45, 7) is 6.60. The van der Waals surface area contributed by atoms with Crippen molar-refractivity contribution in [1.82, 2.24) is 0 Å². The fourth-order valence-corrected chi connectivity index (χ4v) is 3.06. The first-order valence-corrected chi connectivity index (χ1v) is 8.23. The summed E-state index contributed by atoms with van der Waals surface area (Å²) in [7, 11) is -0.565. The van der Waals surface area contributed by atoms with Gasteiger partial charge >= 0.3 is 7.60 Å². The molecule has 0 radical (unpaired) electrons. The molecule has 0 aromatic carbocycles. The van der Waals surface area contributed by atoms with Crippen molar-refractivity contribution >= 4 is 13.4 Å². The first kappa shape index (κ1) is 17.8. The lowest BCUT2D eigenvalue weighted by Gasteiger charge is -2.23. The van der Waals surface area contributed by atoms with Gasteiger partial charge in [-0.1, -0.05) is 27.2 Å². The Morgan fingerprint density at radius 2 is 1.72 bits per heavy atom. The van der Waals surface area contributed by atoms with E-state index in [2.05, 4.69) is 20.8 Å². The third-order valence-electron chi connectivity index (χ3n) is 3.16. The van der Waals surface area contributed by atoms with Crippen molar-refractivity contribution in [3.8, 4) is 0 Å². The number of carbonyl (C=O) groups is 1. The molecule has 5 heteroatoms. The predicted octanol–water partition coefficient (Wildman–Crippen LogP) is 4.04. The lowest BCUT2D eigenvalue weighted by Crippen LogP contribution is -2.13. The van der Waals surface area contributed by atoms with Crippen LogP contribution < -0.4 is 0 Å². The second-order valence-corrected chi connectivity index (χ2v) is 7.71. The van der Waals surface area contributed by atoms with Gasteiger partial charge in [-0.05, 0) is 24.7 Å². The maximum Gasteiger partial charge on any atom is 0.337 e. The predicted molar refractivity (Wildman–Crippen MR) is 74.0 cm³/mol. The SMILES string of the molecule is CCCC(C)(C)CCCC(=O)CP(=O)(OC)OC. The van der Waals surface area contributed by atoms with Gasteiger partial charge in [-0.3, -0.25) is 9.36 Å². The average molecular weight is 278 g/mol. The first-order chi connectivity index (χ1) is 8.28. The van der Waals surface area contributed by atoms with E-state index in [9.17, 15) is 9.36 Å². The van der Waals surface area contributed by atoms with Gasteiger partial charge in [0.1, 0.15) is 11.9 Å². The molecule has 0 amide bonds. The van der Waals surface area contributed by atoms with Crippen LogP contribution in [0.4, 0.5) is 0 Å². The molecule has 0 bridgehead atoms. The molecule has 0 saturated carbocycles. The molecule has 0 N–H and O–H groups in total. The van der Waals surface area contributed by atoms with Gasteiger partial charge in [0.25, 0.3) is 0 Å². The molecule has 0 aliphatic rings. The third kappa shape index (κ3) is 7.30. The van der Waals surface area contributed by atoms with Crippen LogP contribution in [0, 0.1) is 5.41 Å². The van der Waals surface area contributed by atoms with Crippen LogP contribution in [0.25, 0.3) is 0 Å². The quantitative estimate of drug-likeness (QED) is 0.566. The molecule has 0 unspecified atom stereocenters. The largest absolute Gasteiger partial charge is 0.337 e. The molecule has 0 rings (SSSR count). The molecule has 0 aromatic rings. The lowest BCUT2D eigenvalue weighted by atomic mass is 9.83. The Balaban J connectivity index is 4.02. The van der Waals surface area contributed by atoms with E-state index < -0.39 is 7.60 Å². The maximum atomic E-state index is 11.8. The van der Waals surface area contributed by atoms with E-state index in [0.29, 0.717) is 6.42 Å². The summed E-state index contributed by atoms with van der Waals surface area (Å²) in [6.07, 6.45) is 4.49. The Labute approximate surface area is 111 Å². The molecule has 0 fully saturated rings. The lowest BCUT2D eigenvalue weighted by molar-refractivity contribution is -0.117. The van der Waals surface area contributed by atoms with E-state index in [1.54, 1.807) is 0 Å². The topological polar surface area (TPSA) is 52.6 Å². The molecular weight excluding hydrogens is 251 g/mol. The zero-order chi connectivity index (χ0) is 14.2. The van der Waals surface area contributed by atoms with Crippen molar-refractivity contribution in [2.24, 2.45) is 5.41 Å². The van der Waals surface area contributed by atoms with Crippen LogP contribution >= 0.6 is 7.60 Å². The molecule has 4 nitrogen and oxygen atoms in total. The average Bonchev–Trinajstić information content (AvgIpc) is 2.28. The van der Waals surface area contributed by atoms with E-state index >= 15 is 0 Å². The van der Waals surface area contributed by atoms with Crippen molar-refractivity contribution in [1.29, 1.82) is 0 Å². The Morgan fingerprint density at radius 3 is 2.17 bits per heavy atom. The van der Waals surface area contributed by atoms with Gasteiger partial charge < -0.3 is 9.05 Å². The summed E-state index contributed by atoms with van der Waals surface area (Å²) in [5.41, 5.74) is 0.279. The monoisotopic (exact) mass is 278 g/mol. The minimum absolute atomic E-state index is 0.0469. The van der Waals surface area contributed by atoms with Gasteiger partial charge in [-0.25, -0.2) is 0 Å². The summed E-state index contributed by atoms with van der Waals surface area (Å²) in [6, 6.07) is 0. The molecular formula is C13H27O4P. The van der Waals surface area contributed by atoms with Crippen molar-refractivity contribution in [2.75, 3.05) is 20.4 Å². The number of carbonyl (C=O) groups excluding carboxylic acids is 1. The van der Waals surface area contributed by atoms with Crippen LogP contribution in [0.15, 0.2) is 0 Å². The van der Waals surface area contributed by atoms with Gasteiger partial charge in [0.05, 0.1) is 0 Å². The van der Waals surface area contributed by atoms with Gasteiger partial charge in [-0.2, -0.15) is 0 Å². The van der Waals surface area contributed by atoms with Crippen molar-refractivity contribution in [2.45, 2.75) is 52.9 Å². The molecule has 108 valence electrons. The Bertz CT molecular complexity index is 291. The molecule has 0 aliphatic carbocycles. The summed E-state index contributed by atoms with van der Waals surface area (Å²) < 4.78 is 21.3. The van der Waals surface area contributed by atoms with E-state index in [4.69, 9.17) is 9.05 Å². The molecule has 0 saturated heterocycles. The number of hydrogen-bond acceptors (Lipinski definition) is 4.